The van der Waals surface area contributed by atoms with Gasteiger partial charge in [0.25, 0.3) is 0 Å². The fourth-order valence-electron chi connectivity index (χ4n) is 9.40. The second-order valence-electron chi connectivity index (χ2n) is 22.0. The number of carbonyl (C=O) groups is 3. The summed E-state index contributed by atoms with van der Waals surface area (Å²) in [6.07, 6.45) is 85.8. The van der Waals surface area contributed by atoms with Gasteiger partial charge >= 0.3 is 17.9 Å². The SMILES string of the molecule is CC/C=C\C/C=C\C/C=C\C/C=C\C/C=C\CCCCCCCCCC(=O)OCC(COC(=O)CCCCCCCCC/C=C\CCCCCCCC)OC(=O)CCCCCCCCCCC/C=C\CCCCCCCC. The summed E-state index contributed by atoms with van der Waals surface area (Å²) in [6, 6.07) is 0. The van der Waals surface area contributed by atoms with E-state index < -0.39 is 6.10 Å². The average molecular weight is 1070 g/mol. The van der Waals surface area contributed by atoms with Crippen LogP contribution in [-0.4, -0.2) is 37.2 Å². The minimum Gasteiger partial charge on any atom is -0.462 e. The van der Waals surface area contributed by atoms with Crippen LogP contribution in [0.3, 0.4) is 0 Å². The molecule has 6 heteroatoms. The number of carbonyl (C=O) groups excluding carboxylic acids is 3. The molecule has 0 spiro atoms. The predicted molar refractivity (Wildman–Crippen MR) is 334 cm³/mol. The third-order valence-corrected chi connectivity index (χ3v) is 14.4. The van der Waals surface area contributed by atoms with Crippen LogP contribution in [-0.2, 0) is 28.6 Å². The molecule has 0 aromatic heterocycles. The van der Waals surface area contributed by atoms with Crippen molar-refractivity contribution >= 4 is 17.9 Å². The van der Waals surface area contributed by atoms with Crippen LogP contribution in [0, 0.1) is 0 Å². The Bertz CT molecular complexity index is 1470. The zero-order valence-electron chi connectivity index (χ0n) is 51.0. The van der Waals surface area contributed by atoms with Gasteiger partial charge < -0.3 is 14.2 Å². The lowest BCUT2D eigenvalue weighted by atomic mass is 10.1. The van der Waals surface area contributed by atoms with Crippen molar-refractivity contribution in [1.29, 1.82) is 0 Å². The van der Waals surface area contributed by atoms with Crippen LogP contribution in [0.25, 0.3) is 0 Å². The number of esters is 3. The van der Waals surface area contributed by atoms with E-state index in [1.807, 2.05) is 0 Å². The van der Waals surface area contributed by atoms with Gasteiger partial charge in [0.05, 0.1) is 0 Å². The molecule has 0 N–H and O–H groups in total. The molecule has 0 heterocycles. The second-order valence-corrected chi connectivity index (χ2v) is 22.0. The summed E-state index contributed by atoms with van der Waals surface area (Å²) in [5, 5.41) is 0. The first-order valence-corrected chi connectivity index (χ1v) is 33.1. The Kier molecular flexibility index (Phi) is 62.2. The van der Waals surface area contributed by atoms with E-state index in [-0.39, 0.29) is 31.1 Å². The van der Waals surface area contributed by atoms with E-state index in [4.69, 9.17) is 14.2 Å². The van der Waals surface area contributed by atoms with E-state index in [2.05, 4.69) is 106 Å². The van der Waals surface area contributed by atoms with Crippen LogP contribution in [0.15, 0.2) is 85.1 Å². The van der Waals surface area contributed by atoms with E-state index in [1.165, 1.54) is 193 Å². The van der Waals surface area contributed by atoms with Gasteiger partial charge in [-0.25, -0.2) is 0 Å². The molecular weight excluding hydrogens is 949 g/mol. The van der Waals surface area contributed by atoms with E-state index in [0.717, 1.165) is 96.3 Å². The van der Waals surface area contributed by atoms with Gasteiger partial charge in [-0.2, -0.15) is 0 Å². The summed E-state index contributed by atoms with van der Waals surface area (Å²) < 4.78 is 17.0. The number of ether oxygens (including phenoxy) is 3. The van der Waals surface area contributed by atoms with Gasteiger partial charge in [0.15, 0.2) is 6.10 Å². The fraction of sp³-hybridized carbons (Fsp3) is 0.761. The quantitative estimate of drug-likeness (QED) is 0.0261. The van der Waals surface area contributed by atoms with E-state index in [9.17, 15) is 14.4 Å². The Morgan fingerprint density at radius 2 is 0.506 bits per heavy atom. The first-order chi connectivity index (χ1) is 38.0. The molecule has 0 rings (SSSR count). The molecule has 0 fully saturated rings. The third-order valence-electron chi connectivity index (χ3n) is 14.4. The summed E-state index contributed by atoms with van der Waals surface area (Å²) in [7, 11) is 0. The summed E-state index contributed by atoms with van der Waals surface area (Å²) >= 11 is 0. The molecule has 0 aliphatic heterocycles. The van der Waals surface area contributed by atoms with Crippen LogP contribution in [0.2, 0.25) is 0 Å². The zero-order chi connectivity index (χ0) is 55.7. The van der Waals surface area contributed by atoms with Crippen LogP contribution in [0.1, 0.15) is 329 Å². The molecule has 0 aliphatic carbocycles. The van der Waals surface area contributed by atoms with Gasteiger partial charge in [-0.05, 0) is 116 Å². The molecule has 444 valence electrons. The molecule has 0 amide bonds. The number of allylic oxidation sites excluding steroid dienone is 14. The topological polar surface area (TPSA) is 78.9 Å². The molecule has 77 heavy (non-hydrogen) atoms. The molecule has 6 nitrogen and oxygen atoms in total. The molecule has 0 saturated carbocycles. The van der Waals surface area contributed by atoms with Gasteiger partial charge in [0, 0.05) is 19.3 Å². The Morgan fingerprint density at radius 3 is 0.805 bits per heavy atom. The lowest BCUT2D eigenvalue weighted by Crippen LogP contribution is -2.30. The minimum absolute atomic E-state index is 0.0815. The average Bonchev–Trinajstić information content (AvgIpc) is 3.43. The van der Waals surface area contributed by atoms with Crippen LogP contribution in [0.5, 0.6) is 0 Å². The number of rotatable bonds is 60. The van der Waals surface area contributed by atoms with Crippen molar-refractivity contribution in [2.45, 2.75) is 335 Å². The van der Waals surface area contributed by atoms with Gasteiger partial charge in [-0.3, -0.25) is 14.4 Å². The van der Waals surface area contributed by atoms with Gasteiger partial charge in [-0.15, -0.1) is 0 Å². The predicted octanol–water partition coefficient (Wildman–Crippen LogP) is 22.7. The Morgan fingerprint density at radius 1 is 0.273 bits per heavy atom. The Balaban J connectivity index is 4.39. The molecule has 1 atom stereocenters. The van der Waals surface area contributed by atoms with Gasteiger partial charge in [0.1, 0.15) is 13.2 Å². The highest BCUT2D eigenvalue weighted by molar-refractivity contribution is 5.71. The molecular formula is C71H124O6. The van der Waals surface area contributed by atoms with Crippen molar-refractivity contribution in [3.63, 3.8) is 0 Å². The van der Waals surface area contributed by atoms with Crippen LogP contribution >= 0.6 is 0 Å². The molecule has 0 aromatic carbocycles. The summed E-state index contributed by atoms with van der Waals surface area (Å²) in [6.45, 7) is 6.54. The van der Waals surface area contributed by atoms with Crippen molar-refractivity contribution < 1.29 is 28.6 Å². The summed E-state index contributed by atoms with van der Waals surface area (Å²) in [5.41, 5.74) is 0. The first-order valence-electron chi connectivity index (χ1n) is 33.1. The lowest BCUT2D eigenvalue weighted by molar-refractivity contribution is -0.167. The van der Waals surface area contributed by atoms with Crippen molar-refractivity contribution in [1.82, 2.24) is 0 Å². The monoisotopic (exact) mass is 1070 g/mol. The van der Waals surface area contributed by atoms with Crippen LogP contribution in [0.4, 0.5) is 0 Å². The summed E-state index contributed by atoms with van der Waals surface area (Å²) in [5.74, 6) is -0.884. The normalized spacial score (nSPS) is 12.6. The molecule has 1 unspecified atom stereocenters. The lowest BCUT2D eigenvalue weighted by Gasteiger charge is -2.18. The molecule has 0 aromatic rings. The number of unbranched alkanes of at least 4 members (excludes halogenated alkanes) is 35. The second kappa shape index (κ2) is 65.1. The molecule has 0 aliphatic rings. The van der Waals surface area contributed by atoms with Crippen molar-refractivity contribution in [3.8, 4) is 0 Å². The van der Waals surface area contributed by atoms with E-state index in [1.54, 1.807) is 0 Å². The van der Waals surface area contributed by atoms with Crippen molar-refractivity contribution in [2.24, 2.45) is 0 Å². The number of hydrogen-bond acceptors (Lipinski definition) is 6. The van der Waals surface area contributed by atoms with Gasteiger partial charge in [0.2, 0.25) is 0 Å². The number of hydrogen-bond donors (Lipinski definition) is 0. The fourth-order valence-corrected chi connectivity index (χ4v) is 9.40. The van der Waals surface area contributed by atoms with Crippen molar-refractivity contribution in [3.05, 3.63) is 85.1 Å². The van der Waals surface area contributed by atoms with Crippen molar-refractivity contribution in [2.75, 3.05) is 13.2 Å². The van der Waals surface area contributed by atoms with Gasteiger partial charge in [-0.1, -0.05) is 279 Å². The highest BCUT2D eigenvalue weighted by Crippen LogP contribution is 2.16. The standard InChI is InChI=1S/C71H124O6/c1-4-7-10-13-16-19-22-25-28-31-33-34-35-36-38-40-43-46-49-52-55-58-61-64-70(73)76-67-68(66-75-69(72)63-60-57-54-51-48-45-42-39-30-27-24-21-18-15-12-9-6-3)77-71(74)65-62-59-56-53-50-47-44-41-37-32-29-26-23-20-17-14-11-8-5-2/h7,10,16,19,25-30,33-34,36,38,68H,4-6,8-9,11-15,17-18,20-24,31-32,35,37,39-67H2,1-3H3/b10-7-,19-16-,28-25-,29-26-,30-27-,34-33-,38-36-. The Labute approximate surface area is 477 Å². The van der Waals surface area contributed by atoms with Crippen LogP contribution < -0.4 is 0 Å². The maximum absolute atomic E-state index is 12.9. The third kappa shape index (κ3) is 63.3. The molecule has 0 saturated heterocycles. The Hall–Kier alpha value is -3.41. The zero-order valence-corrected chi connectivity index (χ0v) is 51.0. The smallest absolute Gasteiger partial charge is 0.306 e. The minimum atomic E-state index is -0.786. The maximum Gasteiger partial charge on any atom is 0.306 e. The first kappa shape index (κ1) is 73.6. The highest BCUT2D eigenvalue weighted by Gasteiger charge is 2.19. The largest absolute Gasteiger partial charge is 0.462 e. The molecule has 0 bridgehead atoms. The highest BCUT2D eigenvalue weighted by atomic mass is 16.6. The maximum atomic E-state index is 12.9. The summed E-state index contributed by atoms with van der Waals surface area (Å²) in [4.78, 5) is 38.4. The molecule has 0 radical (unpaired) electrons. The van der Waals surface area contributed by atoms with E-state index >= 15 is 0 Å². The van der Waals surface area contributed by atoms with E-state index in [0.29, 0.717) is 19.3 Å².